The largest absolute Gasteiger partial charge is 0.348 e. The Balaban J connectivity index is 1.51. The predicted molar refractivity (Wildman–Crippen MR) is 97.0 cm³/mol. The average molecular weight is 369 g/mol. The Labute approximate surface area is 152 Å². The molecule has 4 aromatic rings. The molecule has 1 aliphatic rings. The van der Waals surface area contributed by atoms with E-state index < -0.39 is 12.5 Å². The summed E-state index contributed by atoms with van der Waals surface area (Å²) < 4.78 is 27.8. The van der Waals surface area contributed by atoms with Crippen molar-refractivity contribution in [3.63, 3.8) is 0 Å². The second-order valence-corrected chi connectivity index (χ2v) is 7.04. The topological polar surface area (TPSA) is 83.8 Å². The van der Waals surface area contributed by atoms with Crippen LogP contribution in [0, 0.1) is 0 Å². The van der Waals surface area contributed by atoms with Gasteiger partial charge in [-0.25, -0.2) is 23.3 Å². The van der Waals surface area contributed by atoms with Crippen LogP contribution in [0.2, 0.25) is 0 Å². The standard InChI is InChI=1S/C18H17F2N7/c1-18(19,20)9-23-17-22-7-13-12(6-21-15(13)26-17)14-4-5-27-16(25-14)11(8-24-27)10-2-3-10/h4-8,10H,2-3,9H2,1H3,(H2,21,22,23,26). The highest BCUT2D eigenvalue weighted by Gasteiger charge is 2.27. The number of anilines is 1. The molecule has 4 heterocycles. The van der Waals surface area contributed by atoms with E-state index in [2.05, 4.69) is 25.4 Å². The summed E-state index contributed by atoms with van der Waals surface area (Å²) >= 11 is 0. The van der Waals surface area contributed by atoms with Gasteiger partial charge in [0.25, 0.3) is 5.92 Å². The Hall–Kier alpha value is -3.10. The van der Waals surface area contributed by atoms with Crippen LogP contribution < -0.4 is 5.32 Å². The van der Waals surface area contributed by atoms with Gasteiger partial charge in [0, 0.05) is 42.0 Å². The lowest BCUT2D eigenvalue weighted by Crippen LogP contribution is -2.23. The van der Waals surface area contributed by atoms with Crippen molar-refractivity contribution in [2.75, 3.05) is 11.9 Å². The second kappa shape index (κ2) is 5.70. The maximum Gasteiger partial charge on any atom is 0.262 e. The van der Waals surface area contributed by atoms with Crippen molar-refractivity contribution in [2.24, 2.45) is 0 Å². The van der Waals surface area contributed by atoms with Crippen LogP contribution in [0.1, 0.15) is 31.2 Å². The van der Waals surface area contributed by atoms with E-state index in [1.165, 1.54) is 18.4 Å². The van der Waals surface area contributed by atoms with Gasteiger partial charge in [-0.3, -0.25) is 0 Å². The second-order valence-electron chi connectivity index (χ2n) is 7.04. The van der Waals surface area contributed by atoms with Gasteiger partial charge in [-0.2, -0.15) is 10.1 Å². The lowest BCUT2D eigenvalue weighted by Gasteiger charge is -2.10. The molecule has 138 valence electrons. The zero-order chi connectivity index (χ0) is 18.6. The molecule has 0 radical (unpaired) electrons. The van der Waals surface area contributed by atoms with Crippen LogP contribution in [0.3, 0.4) is 0 Å². The summed E-state index contributed by atoms with van der Waals surface area (Å²) in [6, 6.07) is 1.89. The number of hydrogen-bond acceptors (Lipinski definition) is 5. The van der Waals surface area contributed by atoms with E-state index in [9.17, 15) is 8.78 Å². The van der Waals surface area contributed by atoms with E-state index in [0.29, 0.717) is 11.6 Å². The fraction of sp³-hybridized carbons (Fsp3) is 0.333. The number of nitrogens with zero attached hydrogens (tertiary/aromatic N) is 5. The van der Waals surface area contributed by atoms with Crippen LogP contribution in [0.25, 0.3) is 27.9 Å². The number of hydrogen-bond donors (Lipinski definition) is 2. The molecule has 27 heavy (non-hydrogen) atoms. The first-order valence-electron chi connectivity index (χ1n) is 8.78. The van der Waals surface area contributed by atoms with Gasteiger partial charge in [0.2, 0.25) is 5.95 Å². The minimum absolute atomic E-state index is 0.160. The molecule has 0 bridgehead atoms. The molecule has 9 heteroatoms. The van der Waals surface area contributed by atoms with Crippen LogP contribution in [0.5, 0.6) is 0 Å². The minimum Gasteiger partial charge on any atom is -0.348 e. The van der Waals surface area contributed by atoms with Gasteiger partial charge in [0.1, 0.15) is 5.65 Å². The van der Waals surface area contributed by atoms with Crippen LogP contribution in [0.4, 0.5) is 14.7 Å². The summed E-state index contributed by atoms with van der Waals surface area (Å²) in [5, 5.41) is 7.71. The normalized spacial score (nSPS) is 14.9. The third-order valence-electron chi connectivity index (χ3n) is 4.68. The highest BCUT2D eigenvalue weighted by atomic mass is 19.3. The monoisotopic (exact) mass is 369 g/mol. The van der Waals surface area contributed by atoms with Crippen LogP contribution in [-0.2, 0) is 0 Å². The van der Waals surface area contributed by atoms with Crippen molar-refractivity contribution in [1.29, 1.82) is 0 Å². The Morgan fingerprint density at radius 1 is 1.30 bits per heavy atom. The molecular weight excluding hydrogens is 352 g/mol. The lowest BCUT2D eigenvalue weighted by atomic mass is 10.1. The Bertz CT molecular complexity index is 1140. The summed E-state index contributed by atoms with van der Waals surface area (Å²) in [5.41, 5.74) is 4.27. The summed E-state index contributed by atoms with van der Waals surface area (Å²) in [4.78, 5) is 16.3. The summed E-state index contributed by atoms with van der Waals surface area (Å²) in [7, 11) is 0. The highest BCUT2D eigenvalue weighted by Crippen LogP contribution is 2.41. The maximum atomic E-state index is 13.0. The molecule has 0 aromatic carbocycles. The molecule has 1 aliphatic carbocycles. The smallest absolute Gasteiger partial charge is 0.262 e. The van der Waals surface area contributed by atoms with Crippen molar-refractivity contribution in [1.82, 2.24) is 29.5 Å². The average Bonchev–Trinajstić information content (AvgIpc) is 3.26. The number of aromatic amines is 1. The summed E-state index contributed by atoms with van der Waals surface area (Å²) in [5.74, 6) is -2.11. The maximum absolute atomic E-state index is 13.0. The van der Waals surface area contributed by atoms with E-state index in [-0.39, 0.29) is 5.95 Å². The molecule has 1 fully saturated rings. The van der Waals surface area contributed by atoms with Gasteiger partial charge in [-0.05, 0) is 24.8 Å². The molecule has 7 nitrogen and oxygen atoms in total. The van der Waals surface area contributed by atoms with Crippen LogP contribution >= 0.6 is 0 Å². The molecule has 5 rings (SSSR count). The zero-order valence-electron chi connectivity index (χ0n) is 14.6. The first-order valence-corrected chi connectivity index (χ1v) is 8.78. The summed E-state index contributed by atoms with van der Waals surface area (Å²) in [6.07, 6.45) is 9.57. The molecule has 0 aliphatic heterocycles. The number of rotatable bonds is 5. The van der Waals surface area contributed by atoms with E-state index in [4.69, 9.17) is 4.98 Å². The van der Waals surface area contributed by atoms with E-state index in [0.717, 1.165) is 29.2 Å². The van der Waals surface area contributed by atoms with Crippen molar-refractivity contribution in [2.45, 2.75) is 31.6 Å². The molecule has 0 saturated heterocycles. The number of alkyl halides is 2. The van der Waals surface area contributed by atoms with Crippen molar-refractivity contribution >= 4 is 22.6 Å². The van der Waals surface area contributed by atoms with Gasteiger partial charge in [-0.1, -0.05) is 0 Å². The molecular formula is C18H17F2N7. The van der Waals surface area contributed by atoms with Crippen molar-refractivity contribution in [3.8, 4) is 11.3 Å². The first kappa shape index (κ1) is 16.1. The third-order valence-corrected chi connectivity index (χ3v) is 4.68. The molecule has 0 spiro atoms. The fourth-order valence-electron chi connectivity index (χ4n) is 3.16. The zero-order valence-corrected chi connectivity index (χ0v) is 14.6. The van der Waals surface area contributed by atoms with Crippen LogP contribution in [0.15, 0.2) is 30.9 Å². The fourth-order valence-corrected chi connectivity index (χ4v) is 3.16. The van der Waals surface area contributed by atoms with E-state index in [1.807, 2.05) is 24.7 Å². The Kier molecular flexibility index (Phi) is 3.40. The van der Waals surface area contributed by atoms with Gasteiger partial charge in [0.05, 0.1) is 18.4 Å². The number of nitrogens with one attached hydrogen (secondary N) is 2. The molecule has 0 amide bonds. The van der Waals surface area contributed by atoms with E-state index >= 15 is 0 Å². The third kappa shape index (κ3) is 2.98. The highest BCUT2D eigenvalue weighted by molar-refractivity contribution is 5.92. The molecule has 0 atom stereocenters. The predicted octanol–water partition coefficient (Wildman–Crippen LogP) is 3.61. The van der Waals surface area contributed by atoms with Crippen molar-refractivity contribution < 1.29 is 8.78 Å². The van der Waals surface area contributed by atoms with Gasteiger partial charge < -0.3 is 10.3 Å². The van der Waals surface area contributed by atoms with Gasteiger partial charge >= 0.3 is 0 Å². The lowest BCUT2D eigenvalue weighted by molar-refractivity contribution is 0.0366. The summed E-state index contributed by atoms with van der Waals surface area (Å²) in [6.45, 7) is 0.328. The van der Waals surface area contributed by atoms with Crippen molar-refractivity contribution in [3.05, 3.63) is 36.4 Å². The number of halogens is 2. The van der Waals surface area contributed by atoms with Gasteiger partial charge in [0.15, 0.2) is 5.65 Å². The SMILES string of the molecule is CC(F)(F)CNc1ncc2c(-c3ccn4ncc(C5CC5)c4n3)c[nH]c2n1. The number of H-pyrrole nitrogens is 1. The molecule has 1 saturated carbocycles. The molecule has 4 aromatic heterocycles. The number of aromatic nitrogens is 6. The first-order chi connectivity index (χ1) is 13.0. The van der Waals surface area contributed by atoms with E-state index in [1.54, 1.807) is 10.7 Å². The molecule has 0 unspecified atom stereocenters. The Morgan fingerprint density at radius 3 is 2.93 bits per heavy atom. The number of fused-ring (bicyclic) bond motifs is 2. The molecule has 2 N–H and O–H groups in total. The quantitative estimate of drug-likeness (QED) is 0.561. The van der Waals surface area contributed by atoms with Crippen LogP contribution in [-0.4, -0.2) is 42.0 Å². The minimum atomic E-state index is -2.83. The van der Waals surface area contributed by atoms with Gasteiger partial charge in [-0.15, -0.1) is 0 Å². The Morgan fingerprint density at radius 2 is 2.15 bits per heavy atom.